The lowest BCUT2D eigenvalue weighted by Gasteiger charge is -1.94. The zero-order chi connectivity index (χ0) is 8.39. The standard InChI is InChI=1S/C7H7N5/c1-6-9-11-12(10-6)7-2-4-8-5-3-7/h2-5H,1H3. The topological polar surface area (TPSA) is 56.5 Å². The Morgan fingerprint density at radius 1 is 1.25 bits per heavy atom. The molecule has 60 valence electrons. The van der Waals surface area contributed by atoms with Gasteiger partial charge in [0.15, 0.2) is 5.82 Å². The summed E-state index contributed by atoms with van der Waals surface area (Å²) in [6.45, 7) is 1.80. The molecule has 0 bridgehead atoms. The van der Waals surface area contributed by atoms with Crippen molar-refractivity contribution in [2.24, 2.45) is 0 Å². The van der Waals surface area contributed by atoms with E-state index in [1.165, 1.54) is 4.80 Å². The largest absolute Gasteiger partial charge is 0.265 e. The molecule has 0 unspecified atom stereocenters. The van der Waals surface area contributed by atoms with E-state index in [-0.39, 0.29) is 0 Å². The molecule has 0 aliphatic heterocycles. The van der Waals surface area contributed by atoms with E-state index in [0.29, 0.717) is 5.82 Å². The van der Waals surface area contributed by atoms with E-state index in [0.717, 1.165) is 5.69 Å². The van der Waals surface area contributed by atoms with E-state index in [9.17, 15) is 0 Å². The molecule has 12 heavy (non-hydrogen) atoms. The second kappa shape index (κ2) is 2.69. The first kappa shape index (κ1) is 6.90. The van der Waals surface area contributed by atoms with Crippen LogP contribution in [0.25, 0.3) is 5.69 Å². The maximum atomic E-state index is 4.05. The Kier molecular flexibility index (Phi) is 1.55. The summed E-state index contributed by atoms with van der Waals surface area (Å²) in [6.07, 6.45) is 3.38. The summed E-state index contributed by atoms with van der Waals surface area (Å²) < 4.78 is 0. The molecule has 0 fully saturated rings. The highest BCUT2D eigenvalue weighted by Crippen LogP contribution is 1.99. The first-order chi connectivity index (χ1) is 5.86. The van der Waals surface area contributed by atoms with Crippen molar-refractivity contribution in [3.05, 3.63) is 30.4 Å². The highest BCUT2D eigenvalue weighted by Gasteiger charge is 1.98. The van der Waals surface area contributed by atoms with E-state index >= 15 is 0 Å². The Morgan fingerprint density at radius 2 is 2.00 bits per heavy atom. The molecule has 2 heterocycles. The quantitative estimate of drug-likeness (QED) is 0.606. The SMILES string of the molecule is Cc1nnn(-c2ccncc2)n1. The average molecular weight is 161 g/mol. The van der Waals surface area contributed by atoms with Gasteiger partial charge in [0.1, 0.15) is 0 Å². The number of aromatic nitrogens is 5. The molecule has 0 saturated carbocycles. The van der Waals surface area contributed by atoms with Crippen molar-refractivity contribution in [2.45, 2.75) is 6.92 Å². The molecule has 0 aromatic carbocycles. The van der Waals surface area contributed by atoms with Gasteiger partial charge in [0.25, 0.3) is 0 Å². The molecule has 5 heteroatoms. The van der Waals surface area contributed by atoms with Crippen LogP contribution in [0.4, 0.5) is 0 Å². The van der Waals surface area contributed by atoms with Crippen LogP contribution >= 0.6 is 0 Å². The number of nitrogens with zero attached hydrogens (tertiary/aromatic N) is 5. The molecular formula is C7H7N5. The van der Waals surface area contributed by atoms with Crippen molar-refractivity contribution < 1.29 is 0 Å². The van der Waals surface area contributed by atoms with Gasteiger partial charge in [-0.05, 0) is 24.3 Å². The Balaban J connectivity index is 2.45. The number of rotatable bonds is 1. The van der Waals surface area contributed by atoms with E-state index in [2.05, 4.69) is 20.4 Å². The average Bonchev–Trinajstić information content (AvgIpc) is 2.54. The van der Waals surface area contributed by atoms with Gasteiger partial charge in [0.2, 0.25) is 0 Å². The lowest BCUT2D eigenvalue weighted by Crippen LogP contribution is -1.98. The molecular weight excluding hydrogens is 154 g/mol. The monoisotopic (exact) mass is 161 g/mol. The minimum atomic E-state index is 0.659. The van der Waals surface area contributed by atoms with Crippen LogP contribution in [0.2, 0.25) is 0 Å². The van der Waals surface area contributed by atoms with Gasteiger partial charge in [0, 0.05) is 12.4 Å². The predicted molar refractivity (Wildman–Crippen MR) is 41.7 cm³/mol. The van der Waals surface area contributed by atoms with Crippen LogP contribution < -0.4 is 0 Å². The Labute approximate surface area is 69.1 Å². The van der Waals surface area contributed by atoms with Crippen molar-refractivity contribution in [3.63, 3.8) is 0 Å². The van der Waals surface area contributed by atoms with Crippen molar-refractivity contribution >= 4 is 0 Å². The highest BCUT2D eigenvalue weighted by atomic mass is 15.6. The maximum absolute atomic E-state index is 4.05. The Morgan fingerprint density at radius 3 is 2.58 bits per heavy atom. The molecule has 2 rings (SSSR count). The van der Waals surface area contributed by atoms with Gasteiger partial charge in [-0.3, -0.25) is 4.98 Å². The fourth-order valence-corrected chi connectivity index (χ4v) is 0.871. The summed E-state index contributed by atoms with van der Waals surface area (Å²) in [4.78, 5) is 5.36. The summed E-state index contributed by atoms with van der Waals surface area (Å²) in [6, 6.07) is 3.64. The van der Waals surface area contributed by atoms with Gasteiger partial charge in [-0.15, -0.1) is 15.0 Å². The summed E-state index contributed by atoms with van der Waals surface area (Å²) in [5, 5.41) is 11.6. The van der Waals surface area contributed by atoms with Crippen LogP contribution in [0.1, 0.15) is 5.82 Å². The van der Waals surface area contributed by atoms with Crippen LogP contribution in [0, 0.1) is 6.92 Å². The minimum Gasteiger partial charge on any atom is -0.265 e. The maximum Gasteiger partial charge on any atom is 0.172 e. The second-order valence-corrected chi connectivity index (χ2v) is 2.33. The van der Waals surface area contributed by atoms with Gasteiger partial charge >= 0.3 is 0 Å². The lowest BCUT2D eigenvalue weighted by atomic mass is 10.4. The predicted octanol–water partition coefficient (Wildman–Crippen LogP) is 0.366. The first-order valence-electron chi connectivity index (χ1n) is 3.53. The third-order valence-corrected chi connectivity index (χ3v) is 1.41. The molecule has 0 atom stereocenters. The molecule has 0 amide bonds. The van der Waals surface area contributed by atoms with Gasteiger partial charge in [-0.25, -0.2) is 0 Å². The molecule has 5 nitrogen and oxygen atoms in total. The van der Waals surface area contributed by atoms with Crippen molar-refractivity contribution in [1.82, 2.24) is 25.2 Å². The second-order valence-electron chi connectivity index (χ2n) is 2.33. The fourth-order valence-electron chi connectivity index (χ4n) is 0.871. The highest BCUT2D eigenvalue weighted by molar-refractivity contribution is 5.24. The summed E-state index contributed by atoms with van der Waals surface area (Å²) >= 11 is 0. The number of hydrogen-bond donors (Lipinski definition) is 0. The number of pyridine rings is 1. The number of tetrazole rings is 1. The van der Waals surface area contributed by atoms with Crippen molar-refractivity contribution in [1.29, 1.82) is 0 Å². The molecule has 0 saturated heterocycles. The zero-order valence-electron chi connectivity index (χ0n) is 6.55. The smallest absolute Gasteiger partial charge is 0.172 e. The molecule has 0 aliphatic rings. The third-order valence-electron chi connectivity index (χ3n) is 1.41. The van der Waals surface area contributed by atoms with E-state index < -0.39 is 0 Å². The Hall–Kier alpha value is -1.78. The van der Waals surface area contributed by atoms with E-state index in [1.807, 2.05) is 12.1 Å². The number of aryl methyl sites for hydroxylation is 1. The molecule has 2 aromatic rings. The molecule has 0 N–H and O–H groups in total. The van der Waals surface area contributed by atoms with Crippen LogP contribution in [0.3, 0.4) is 0 Å². The van der Waals surface area contributed by atoms with Gasteiger partial charge in [-0.2, -0.15) is 0 Å². The van der Waals surface area contributed by atoms with Crippen molar-refractivity contribution in [2.75, 3.05) is 0 Å². The third kappa shape index (κ3) is 1.16. The van der Waals surface area contributed by atoms with Gasteiger partial charge in [-0.1, -0.05) is 0 Å². The molecule has 2 aromatic heterocycles. The van der Waals surface area contributed by atoms with Crippen LogP contribution in [0.15, 0.2) is 24.5 Å². The molecule has 0 spiro atoms. The molecule has 0 aliphatic carbocycles. The summed E-state index contributed by atoms with van der Waals surface area (Å²) in [5.74, 6) is 0.659. The normalized spacial score (nSPS) is 10.1. The lowest BCUT2D eigenvalue weighted by molar-refractivity contribution is 0.718. The first-order valence-corrected chi connectivity index (χ1v) is 3.53. The van der Waals surface area contributed by atoms with Gasteiger partial charge < -0.3 is 0 Å². The van der Waals surface area contributed by atoms with Crippen LogP contribution in [-0.4, -0.2) is 25.2 Å². The zero-order valence-corrected chi connectivity index (χ0v) is 6.55. The van der Waals surface area contributed by atoms with Crippen LogP contribution in [0.5, 0.6) is 0 Å². The van der Waals surface area contributed by atoms with Crippen LogP contribution in [-0.2, 0) is 0 Å². The summed E-state index contributed by atoms with van der Waals surface area (Å²) in [5.41, 5.74) is 0.866. The number of hydrogen-bond acceptors (Lipinski definition) is 4. The van der Waals surface area contributed by atoms with Crippen molar-refractivity contribution in [3.8, 4) is 5.69 Å². The molecule has 0 radical (unpaired) electrons. The Bertz CT molecular complexity index is 366. The van der Waals surface area contributed by atoms with E-state index in [1.54, 1.807) is 19.3 Å². The van der Waals surface area contributed by atoms with E-state index in [4.69, 9.17) is 0 Å². The fraction of sp³-hybridized carbons (Fsp3) is 0.143. The summed E-state index contributed by atoms with van der Waals surface area (Å²) in [7, 11) is 0. The van der Waals surface area contributed by atoms with Gasteiger partial charge in [0.05, 0.1) is 5.69 Å². The minimum absolute atomic E-state index is 0.659.